The van der Waals surface area contributed by atoms with Crippen molar-refractivity contribution >= 4 is 0 Å². The minimum atomic E-state index is 0.359. The van der Waals surface area contributed by atoms with E-state index in [4.69, 9.17) is 4.74 Å². The molecule has 25 heavy (non-hydrogen) atoms. The van der Waals surface area contributed by atoms with Gasteiger partial charge in [-0.15, -0.1) is 0 Å². The van der Waals surface area contributed by atoms with E-state index in [0.717, 1.165) is 18.8 Å². The van der Waals surface area contributed by atoms with E-state index in [9.17, 15) is 0 Å². The summed E-state index contributed by atoms with van der Waals surface area (Å²) in [5.41, 5.74) is 0. The molecule has 0 N–H and O–H groups in total. The van der Waals surface area contributed by atoms with Gasteiger partial charge in [-0.2, -0.15) is 0 Å². The maximum atomic E-state index is 5.83. The number of ether oxygens (including phenoxy) is 1. The quantitative estimate of drug-likeness (QED) is 0.707. The van der Waals surface area contributed by atoms with Crippen molar-refractivity contribution in [3.8, 4) is 11.8 Å². The lowest BCUT2D eigenvalue weighted by atomic mass is 9.82. The molecule has 3 heteroatoms. The van der Waals surface area contributed by atoms with Crippen molar-refractivity contribution in [3.05, 3.63) is 0 Å². The molecule has 2 aliphatic heterocycles. The van der Waals surface area contributed by atoms with Crippen molar-refractivity contribution in [1.82, 2.24) is 9.80 Å². The van der Waals surface area contributed by atoms with Crippen LogP contribution in [0.15, 0.2) is 0 Å². The predicted octanol–water partition coefficient (Wildman–Crippen LogP) is 3.64. The van der Waals surface area contributed by atoms with Gasteiger partial charge < -0.3 is 14.5 Å². The monoisotopic (exact) mass is 346 g/mol. The van der Waals surface area contributed by atoms with Crippen LogP contribution in [-0.2, 0) is 4.74 Å². The Morgan fingerprint density at radius 2 is 1.48 bits per heavy atom. The Balaban J connectivity index is 1.30. The van der Waals surface area contributed by atoms with Crippen LogP contribution < -0.4 is 0 Å². The normalized spacial score (nSPS) is 30.1. The average molecular weight is 347 g/mol. The molecule has 0 amide bonds. The van der Waals surface area contributed by atoms with Crippen LogP contribution in [0.5, 0.6) is 0 Å². The highest BCUT2D eigenvalue weighted by molar-refractivity contribution is 5.12. The van der Waals surface area contributed by atoms with Gasteiger partial charge in [0.15, 0.2) is 0 Å². The molecule has 0 aromatic carbocycles. The van der Waals surface area contributed by atoms with Crippen molar-refractivity contribution in [2.75, 3.05) is 39.3 Å². The van der Waals surface area contributed by atoms with Gasteiger partial charge in [-0.05, 0) is 91.0 Å². The maximum absolute atomic E-state index is 5.83. The zero-order valence-electron chi connectivity index (χ0n) is 16.7. The number of piperidine rings is 2. The molecule has 0 aromatic rings. The Kier molecular flexibility index (Phi) is 7.22. The van der Waals surface area contributed by atoms with Crippen molar-refractivity contribution in [2.45, 2.75) is 71.5 Å². The van der Waals surface area contributed by atoms with E-state index < -0.39 is 0 Å². The topological polar surface area (TPSA) is 15.7 Å². The molecule has 0 bridgehead atoms. The first-order valence-corrected chi connectivity index (χ1v) is 10.7. The summed E-state index contributed by atoms with van der Waals surface area (Å²) in [4.78, 5) is 5.30. The number of hydrogen-bond acceptors (Lipinski definition) is 3. The van der Waals surface area contributed by atoms with Crippen LogP contribution in [0.3, 0.4) is 0 Å². The summed E-state index contributed by atoms with van der Waals surface area (Å²) < 4.78 is 5.83. The molecule has 0 aromatic heterocycles. The first-order valence-electron chi connectivity index (χ1n) is 10.7. The summed E-state index contributed by atoms with van der Waals surface area (Å²) in [6, 6.07) is 0. The van der Waals surface area contributed by atoms with Crippen molar-refractivity contribution < 1.29 is 4.74 Å². The van der Waals surface area contributed by atoms with E-state index in [0.29, 0.717) is 24.0 Å². The lowest BCUT2D eigenvalue weighted by Crippen LogP contribution is -2.41. The van der Waals surface area contributed by atoms with E-state index in [1.807, 2.05) is 0 Å². The highest BCUT2D eigenvalue weighted by Crippen LogP contribution is 2.30. The van der Waals surface area contributed by atoms with E-state index in [1.165, 1.54) is 65.0 Å². The van der Waals surface area contributed by atoms with Crippen LogP contribution in [0.4, 0.5) is 0 Å². The molecule has 0 spiro atoms. The molecule has 3 rings (SSSR count). The van der Waals surface area contributed by atoms with Crippen LogP contribution in [-0.4, -0.2) is 61.3 Å². The van der Waals surface area contributed by atoms with Crippen molar-refractivity contribution in [1.29, 1.82) is 0 Å². The van der Waals surface area contributed by atoms with Crippen molar-refractivity contribution in [3.63, 3.8) is 0 Å². The summed E-state index contributed by atoms with van der Waals surface area (Å²) in [6.45, 7) is 14.2. The van der Waals surface area contributed by atoms with Crippen LogP contribution in [0, 0.1) is 29.6 Å². The third-order valence-corrected chi connectivity index (χ3v) is 6.31. The maximum Gasteiger partial charge on any atom is 0.0602 e. The van der Waals surface area contributed by atoms with Gasteiger partial charge in [-0.3, -0.25) is 0 Å². The van der Waals surface area contributed by atoms with E-state index in [-0.39, 0.29) is 0 Å². The molecule has 1 saturated carbocycles. The third kappa shape index (κ3) is 5.98. The number of hydrogen-bond donors (Lipinski definition) is 0. The smallest absolute Gasteiger partial charge is 0.0602 e. The summed E-state index contributed by atoms with van der Waals surface area (Å²) in [7, 11) is 0. The van der Waals surface area contributed by atoms with Crippen LogP contribution in [0.25, 0.3) is 0 Å². The fourth-order valence-corrected chi connectivity index (χ4v) is 4.53. The summed E-state index contributed by atoms with van der Waals surface area (Å²) >= 11 is 0. The minimum Gasteiger partial charge on any atom is -0.375 e. The lowest BCUT2D eigenvalue weighted by Gasteiger charge is -2.37. The van der Waals surface area contributed by atoms with Crippen LogP contribution >= 0.6 is 0 Å². The molecule has 0 unspecified atom stereocenters. The molecule has 1 aliphatic carbocycles. The highest BCUT2D eigenvalue weighted by Gasteiger charge is 2.29. The Labute approximate surface area is 155 Å². The minimum absolute atomic E-state index is 0.359. The van der Waals surface area contributed by atoms with Gasteiger partial charge >= 0.3 is 0 Å². The standard InChI is InChI=1S/C22H38N2O/c1-4-23-11-9-20(10-12-23)17-24-13-7-19(8-14-24)5-6-21-15-22(16-21)25-18(2)3/h18-22H,4,7-17H2,1-3H3. The zero-order chi connectivity index (χ0) is 17.6. The van der Waals surface area contributed by atoms with E-state index >= 15 is 0 Å². The van der Waals surface area contributed by atoms with Crippen LogP contribution in [0.2, 0.25) is 0 Å². The van der Waals surface area contributed by atoms with Gasteiger partial charge in [0, 0.05) is 18.4 Å². The molecule has 0 atom stereocenters. The van der Waals surface area contributed by atoms with Gasteiger partial charge in [0.05, 0.1) is 12.2 Å². The Morgan fingerprint density at radius 1 is 0.880 bits per heavy atom. The van der Waals surface area contributed by atoms with Gasteiger partial charge in [0.1, 0.15) is 0 Å². The zero-order valence-corrected chi connectivity index (χ0v) is 16.7. The fraction of sp³-hybridized carbons (Fsp3) is 0.909. The first kappa shape index (κ1) is 19.2. The van der Waals surface area contributed by atoms with E-state index in [1.54, 1.807) is 0 Å². The molecule has 3 aliphatic rings. The summed E-state index contributed by atoms with van der Waals surface area (Å²) in [5, 5.41) is 0. The Hall–Kier alpha value is -0.560. The van der Waals surface area contributed by atoms with E-state index in [2.05, 4.69) is 42.4 Å². The largest absolute Gasteiger partial charge is 0.375 e. The fourth-order valence-electron chi connectivity index (χ4n) is 4.53. The molecule has 0 radical (unpaired) electrons. The average Bonchev–Trinajstić information content (AvgIpc) is 2.58. The predicted molar refractivity (Wildman–Crippen MR) is 105 cm³/mol. The van der Waals surface area contributed by atoms with Gasteiger partial charge in [0.25, 0.3) is 0 Å². The van der Waals surface area contributed by atoms with Gasteiger partial charge in [0.2, 0.25) is 0 Å². The second kappa shape index (κ2) is 9.40. The lowest BCUT2D eigenvalue weighted by molar-refractivity contribution is -0.0497. The molecular formula is C22H38N2O. The Morgan fingerprint density at radius 3 is 2.08 bits per heavy atom. The molecule has 3 nitrogen and oxygen atoms in total. The molecule has 142 valence electrons. The Bertz CT molecular complexity index is 444. The second-order valence-electron chi connectivity index (χ2n) is 8.72. The summed E-state index contributed by atoms with van der Waals surface area (Å²) in [5.74, 6) is 9.31. The number of likely N-dealkylation sites (tertiary alicyclic amines) is 2. The van der Waals surface area contributed by atoms with Crippen LogP contribution in [0.1, 0.15) is 59.3 Å². The first-order chi connectivity index (χ1) is 12.1. The SMILES string of the molecule is CCN1CCC(CN2CCC(C#CC3CC(OC(C)C)C3)CC2)CC1. The third-order valence-electron chi connectivity index (χ3n) is 6.31. The molecule has 2 saturated heterocycles. The van der Waals surface area contributed by atoms with Gasteiger partial charge in [-0.1, -0.05) is 18.8 Å². The highest BCUT2D eigenvalue weighted by atomic mass is 16.5. The summed E-state index contributed by atoms with van der Waals surface area (Å²) in [6.07, 6.45) is 8.49. The number of rotatable bonds is 5. The van der Waals surface area contributed by atoms with Gasteiger partial charge in [-0.25, -0.2) is 0 Å². The number of nitrogens with zero attached hydrogens (tertiary/aromatic N) is 2. The second-order valence-corrected chi connectivity index (χ2v) is 8.72. The molecule has 3 fully saturated rings. The molecular weight excluding hydrogens is 308 g/mol. The molecule has 2 heterocycles. The van der Waals surface area contributed by atoms with Crippen molar-refractivity contribution in [2.24, 2.45) is 17.8 Å².